The zero-order valence-electron chi connectivity index (χ0n) is 6.38. The number of nitrogens with one attached hydrogen (secondary N) is 1. The van der Waals surface area contributed by atoms with Crippen molar-refractivity contribution in [1.82, 2.24) is 5.32 Å². The van der Waals surface area contributed by atoms with Crippen molar-refractivity contribution in [3.05, 3.63) is 35.4 Å². The summed E-state index contributed by atoms with van der Waals surface area (Å²) in [6, 6.07) is 7.65. The monoisotopic (exact) mass is 225 g/mol. The third-order valence-electron chi connectivity index (χ3n) is 1.98. The number of benzene rings is 1. The fourth-order valence-electron chi connectivity index (χ4n) is 1.36. The number of rotatable bonds is 0. The van der Waals surface area contributed by atoms with Gasteiger partial charge in [-0.05, 0) is 11.6 Å². The summed E-state index contributed by atoms with van der Waals surface area (Å²) >= 11 is 3.50. The number of hydrogen-bond acceptors (Lipinski definition) is 1. The highest BCUT2D eigenvalue weighted by atomic mass is 79.9. The topological polar surface area (TPSA) is 29.1 Å². The summed E-state index contributed by atoms with van der Waals surface area (Å²) in [7, 11) is 0. The second kappa shape index (κ2) is 2.90. The van der Waals surface area contributed by atoms with E-state index in [0.717, 1.165) is 11.1 Å². The van der Waals surface area contributed by atoms with E-state index >= 15 is 0 Å². The maximum atomic E-state index is 11.3. The molecule has 2 nitrogen and oxygen atoms in total. The molecular weight excluding hydrogens is 218 g/mol. The fourth-order valence-corrected chi connectivity index (χ4v) is 1.93. The van der Waals surface area contributed by atoms with Crippen LogP contribution in [0.1, 0.15) is 20.7 Å². The molecular formula is C9H8BrNO. The Labute approximate surface area is 79.1 Å². The standard InChI is InChI=1S/C9H8BrNO/c10-8-5-11-9(12)7-4-2-1-3-6(7)8/h1-4,8H,5H2,(H,11,12)/t8-/m0/s1. The molecule has 1 aliphatic heterocycles. The van der Waals surface area contributed by atoms with Crippen LogP contribution in [0.25, 0.3) is 0 Å². The molecule has 0 saturated carbocycles. The number of hydrogen-bond donors (Lipinski definition) is 1. The van der Waals surface area contributed by atoms with Gasteiger partial charge in [-0.1, -0.05) is 34.1 Å². The molecule has 0 spiro atoms. The lowest BCUT2D eigenvalue weighted by molar-refractivity contribution is 0.0946. The average Bonchev–Trinajstić information content (AvgIpc) is 2.12. The predicted molar refractivity (Wildman–Crippen MR) is 50.4 cm³/mol. The van der Waals surface area contributed by atoms with Gasteiger partial charge in [0.25, 0.3) is 5.91 Å². The number of carbonyl (C=O) groups excluding carboxylic acids is 1. The number of alkyl halides is 1. The van der Waals surface area contributed by atoms with Crippen LogP contribution in [0.15, 0.2) is 24.3 Å². The lowest BCUT2D eigenvalue weighted by atomic mass is 10.0. The van der Waals surface area contributed by atoms with Gasteiger partial charge < -0.3 is 5.32 Å². The molecule has 1 N–H and O–H groups in total. The van der Waals surface area contributed by atoms with Crippen molar-refractivity contribution in [2.75, 3.05) is 6.54 Å². The van der Waals surface area contributed by atoms with Gasteiger partial charge in [-0.25, -0.2) is 0 Å². The Morgan fingerprint density at radius 1 is 1.42 bits per heavy atom. The van der Waals surface area contributed by atoms with E-state index in [4.69, 9.17) is 0 Å². The van der Waals surface area contributed by atoms with Crippen LogP contribution in [-0.4, -0.2) is 12.5 Å². The SMILES string of the molecule is O=C1NC[C@H](Br)c2ccccc21. The molecule has 2 rings (SSSR count). The van der Waals surface area contributed by atoms with Crippen molar-refractivity contribution in [2.45, 2.75) is 4.83 Å². The summed E-state index contributed by atoms with van der Waals surface area (Å²) in [6.07, 6.45) is 0. The van der Waals surface area contributed by atoms with Gasteiger partial charge in [0.1, 0.15) is 0 Å². The Balaban J connectivity index is 2.55. The van der Waals surface area contributed by atoms with E-state index in [1.807, 2.05) is 24.3 Å². The summed E-state index contributed by atoms with van der Waals surface area (Å²) in [5, 5.41) is 2.80. The van der Waals surface area contributed by atoms with Crippen molar-refractivity contribution < 1.29 is 4.79 Å². The van der Waals surface area contributed by atoms with Crippen LogP contribution in [-0.2, 0) is 0 Å². The molecule has 0 saturated heterocycles. The van der Waals surface area contributed by atoms with Gasteiger partial charge in [0.15, 0.2) is 0 Å². The number of carbonyl (C=O) groups is 1. The molecule has 1 aliphatic rings. The molecule has 1 amide bonds. The van der Waals surface area contributed by atoms with Crippen LogP contribution in [0.5, 0.6) is 0 Å². The van der Waals surface area contributed by atoms with Crippen LogP contribution in [0.4, 0.5) is 0 Å². The summed E-state index contributed by atoms with van der Waals surface area (Å²) in [5.41, 5.74) is 1.87. The molecule has 62 valence electrons. The Hall–Kier alpha value is -0.830. The first-order chi connectivity index (χ1) is 5.79. The lowest BCUT2D eigenvalue weighted by Gasteiger charge is -2.20. The van der Waals surface area contributed by atoms with Crippen LogP contribution in [0.3, 0.4) is 0 Å². The van der Waals surface area contributed by atoms with Crippen LogP contribution < -0.4 is 5.32 Å². The van der Waals surface area contributed by atoms with E-state index in [1.54, 1.807) is 0 Å². The summed E-state index contributed by atoms with van der Waals surface area (Å²) < 4.78 is 0. The first-order valence-electron chi connectivity index (χ1n) is 3.80. The predicted octanol–water partition coefficient (Wildman–Crippen LogP) is 1.87. The normalized spacial score (nSPS) is 21.4. The highest BCUT2D eigenvalue weighted by Crippen LogP contribution is 2.28. The molecule has 1 atom stereocenters. The molecule has 0 aromatic heterocycles. The van der Waals surface area contributed by atoms with Crippen LogP contribution in [0, 0.1) is 0 Å². The second-order valence-electron chi connectivity index (χ2n) is 2.76. The van der Waals surface area contributed by atoms with Crippen molar-refractivity contribution >= 4 is 21.8 Å². The minimum Gasteiger partial charge on any atom is -0.351 e. The van der Waals surface area contributed by atoms with Crippen molar-refractivity contribution in [3.63, 3.8) is 0 Å². The Kier molecular flexibility index (Phi) is 1.89. The fraction of sp³-hybridized carbons (Fsp3) is 0.222. The Bertz CT molecular complexity index is 324. The molecule has 0 unspecified atom stereocenters. The van der Waals surface area contributed by atoms with E-state index in [1.165, 1.54) is 0 Å². The Morgan fingerprint density at radius 3 is 2.92 bits per heavy atom. The largest absolute Gasteiger partial charge is 0.351 e. The molecule has 3 heteroatoms. The maximum Gasteiger partial charge on any atom is 0.251 e. The third kappa shape index (κ3) is 1.14. The van der Waals surface area contributed by atoms with Gasteiger partial charge in [-0.3, -0.25) is 4.79 Å². The molecule has 1 aromatic rings. The first kappa shape index (κ1) is 7.80. The van der Waals surface area contributed by atoms with E-state index in [9.17, 15) is 4.79 Å². The van der Waals surface area contributed by atoms with Gasteiger partial charge in [0.05, 0.1) is 4.83 Å². The highest BCUT2D eigenvalue weighted by Gasteiger charge is 2.21. The smallest absolute Gasteiger partial charge is 0.251 e. The first-order valence-corrected chi connectivity index (χ1v) is 4.72. The number of halogens is 1. The quantitative estimate of drug-likeness (QED) is 0.672. The zero-order valence-corrected chi connectivity index (χ0v) is 7.97. The zero-order chi connectivity index (χ0) is 8.55. The molecule has 0 bridgehead atoms. The van der Waals surface area contributed by atoms with Crippen molar-refractivity contribution in [2.24, 2.45) is 0 Å². The molecule has 12 heavy (non-hydrogen) atoms. The van der Waals surface area contributed by atoms with E-state index in [2.05, 4.69) is 21.2 Å². The maximum absolute atomic E-state index is 11.3. The lowest BCUT2D eigenvalue weighted by Crippen LogP contribution is -2.32. The molecule has 0 fully saturated rings. The summed E-state index contributed by atoms with van der Waals surface area (Å²) in [6.45, 7) is 0.676. The minimum absolute atomic E-state index is 0.0290. The van der Waals surface area contributed by atoms with Gasteiger partial charge in [0.2, 0.25) is 0 Å². The number of fused-ring (bicyclic) bond motifs is 1. The third-order valence-corrected chi connectivity index (χ3v) is 2.80. The van der Waals surface area contributed by atoms with Gasteiger partial charge >= 0.3 is 0 Å². The summed E-state index contributed by atoms with van der Waals surface area (Å²) in [4.78, 5) is 11.6. The molecule has 0 aliphatic carbocycles. The number of amides is 1. The van der Waals surface area contributed by atoms with E-state index < -0.39 is 0 Å². The summed E-state index contributed by atoms with van der Waals surface area (Å²) in [5.74, 6) is 0.0290. The van der Waals surface area contributed by atoms with Crippen LogP contribution >= 0.6 is 15.9 Å². The minimum atomic E-state index is 0.0290. The molecule has 1 aromatic carbocycles. The second-order valence-corrected chi connectivity index (χ2v) is 3.87. The van der Waals surface area contributed by atoms with Gasteiger partial charge in [0, 0.05) is 12.1 Å². The molecule has 0 radical (unpaired) electrons. The average molecular weight is 226 g/mol. The van der Waals surface area contributed by atoms with Crippen LogP contribution in [0.2, 0.25) is 0 Å². The van der Waals surface area contributed by atoms with Crippen molar-refractivity contribution in [3.8, 4) is 0 Å². The van der Waals surface area contributed by atoms with Gasteiger partial charge in [-0.2, -0.15) is 0 Å². The highest BCUT2D eigenvalue weighted by molar-refractivity contribution is 9.09. The molecule has 1 heterocycles. The van der Waals surface area contributed by atoms with Crippen molar-refractivity contribution in [1.29, 1.82) is 0 Å². The van der Waals surface area contributed by atoms with Gasteiger partial charge in [-0.15, -0.1) is 0 Å². The van der Waals surface area contributed by atoms with E-state index in [0.29, 0.717) is 6.54 Å². The van der Waals surface area contributed by atoms with E-state index in [-0.39, 0.29) is 10.7 Å². The Morgan fingerprint density at radius 2 is 2.17 bits per heavy atom.